The first-order chi connectivity index (χ1) is 9.11. The van der Waals surface area contributed by atoms with Gasteiger partial charge < -0.3 is 15.2 Å². The van der Waals surface area contributed by atoms with E-state index in [1.54, 1.807) is 6.92 Å². The van der Waals surface area contributed by atoms with Gasteiger partial charge in [-0.1, -0.05) is 19.1 Å². The smallest absolute Gasteiger partial charge is 0.257 e. The van der Waals surface area contributed by atoms with Crippen molar-refractivity contribution in [3.05, 3.63) is 29.8 Å². The molecule has 0 fully saturated rings. The van der Waals surface area contributed by atoms with Crippen LogP contribution in [0.2, 0.25) is 0 Å². The Kier molecular flexibility index (Phi) is 6.97. The maximum atomic E-state index is 11.4. The first-order valence-corrected chi connectivity index (χ1v) is 6.78. The van der Waals surface area contributed by atoms with Gasteiger partial charge in [0, 0.05) is 6.54 Å². The molecule has 0 saturated heterocycles. The SMILES string of the molecule is CCCNC(=O)COc1ccc(CCC(C)O)cc1. The van der Waals surface area contributed by atoms with Gasteiger partial charge in [0.25, 0.3) is 5.91 Å². The molecule has 0 radical (unpaired) electrons. The van der Waals surface area contributed by atoms with E-state index in [1.165, 1.54) is 0 Å². The lowest BCUT2D eigenvalue weighted by molar-refractivity contribution is -0.123. The van der Waals surface area contributed by atoms with Crippen LogP contribution in [0.5, 0.6) is 5.75 Å². The average Bonchev–Trinajstić information content (AvgIpc) is 2.41. The minimum Gasteiger partial charge on any atom is -0.484 e. The van der Waals surface area contributed by atoms with E-state index >= 15 is 0 Å². The lowest BCUT2D eigenvalue weighted by atomic mass is 10.1. The summed E-state index contributed by atoms with van der Waals surface area (Å²) in [5.74, 6) is 0.590. The van der Waals surface area contributed by atoms with Crippen LogP contribution >= 0.6 is 0 Å². The van der Waals surface area contributed by atoms with Crippen molar-refractivity contribution in [1.29, 1.82) is 0 Å². The Morgan fingerprint density at radius 1 is 1.37 bits per heavy atom. The molecule has 0 aromatic heterocycles. The fraction of sp³-hybridized carbons (Fsp3) is 0.533. The number of aliphatic hydroxyl groups excluding tert-OH is 1. The molecule has 1 rings (SSSR count). The molecule has 1 amide bonds. The van der Waals surface area contributed by atoms with Crippen molar-refractivity contribution < 1.29 is 14.6 Å². The van der Waals surface area contributed by atoms with Crippen LogP contribution in [0, 0.1) is 0 Å². The molecule has 0 aliphatic heterocycles. The zero-order valence-electron chi connectivity index (χ0n) is 11.7. The average molecular weight is 265 g/mol. The first kappa shape index (κ1) is 15.5. The monoisotopic (exact) mass is 265 g/mol. The van der Waals surface area contributed by atoms with Crippen molar-refractivity contribution in [3.63, 3.8) is 0 Å². The highest BCUT2D eigenvalue weighted by Crippen LogP contribution is 2.13. The molecule has 0 saturated carbocycles. The molecule has 0 heterocycles. The summed E-state index contributed by atoms with van der Waals surface area (Å²) < 4.78 is 5.38. The van der Waals surface area contributed by atoms with Gasteiger partial charge in [0.1, 0.15) is 5.75 Å². The predicted molar refractivity (Wildman–Crippen MR) is 75.2 cm³/mol. The Morgan fingerprint density at radius 2 is 2.05 bits per heavy atom. The lowest BCUT2D eigenvalue weighted by Gasteiger charge is -2.08. The zero-order valence-corrected chi connectivity index (χ0v) is 11.7. The van der Waals surface area contributed by atoms with Gasteiger partial charge in [0.2, 0.25) is 0 Å². The number of benzene rings is 1. The quantitative estimate of drug-likeness (QED) is 0.755. The van der Waals surface area contributed by atoms with Gasteiger partial charge in [-0.2, -0.15) is 0 Å². The first-order valence-electron chi connectivity index (χ1n) is 6.78. The number of rotatable bonds is 8. The second kappa shape index (κ2) is 8.53. The van der Waals surface area contributed by atoms with E-state index in [1.807, 2.05) is 31.2 Å². The highest BCUT2D eigenvalue weighted by Gasteiger charge is 2.02. The summed E-state index contributed by atoms with van der Waals surface area (Å²) in [6, 6.07) is 7.62. The van der Waals surface area contributed by atoms with Crippen molar-refractivity contribution in [1.82, 2.24) is 5.32 Å². The van der Waals surface area contributed by atoms with E-state index in [4.69, 9.17) is 4.74 Å². The number of carbonyl (C=O) groups is 1. The molecule has 4 heteroatoms. The summed E-state index contributed by atoms with van der Waals surface area (Å²) in [6.45, 7) is 4.52. The topological polar surface area (TPSA) is 58.6 Å². The largest absolute Gasteiger partial charge is 0.484 e. The number of hydrogen-bond donors (Lipinski definition) is 2. The highest BCUT2D eigenvalue weighted by molar-refractivity contribution is 5.77. The van der Waals surface area contributed by atoms with E-state index in [0.717, 1.165) is 24.8 Å². The molecule has 1 aromatic rings. The van der Waals surface area contributed by atoms with Gasteiger partial charge in [0.05, 0.1) is 6.10 Å². The minimum atomic E-state index is -0.279. The fourth-order valence-corrected chi connectivity index (χ4v) is 1.59. The van der Waals surface area contributed by atoms with Gasteiger partial charge in [-0.05, 0) is 43.9 Å². The number of amides is 1. The normalized spacial score (nSPS) is 11.9. The Morgan fingerprint density at radius 3 is 2.63 bits per heavy atom. The van der Waals surface area contributed by atoms with E-state index < -0.39 is 0 Å². The lowest BCUT2D eigenvalue weighted by Crippen LogP contribution is -2.29. The number of carbonyl (C=O) groups excluding carboxylic acids is 1. The molecular formula is C15H23NO3. The molecule has 0 aliphatic carbocycles. The molecule has 19 heavy (non-hydrogen) atoms. The van der Waals surface area contributed by atoms with E-state index in [9.17, 15) is 9.90 Å². The molecule has 4 nitrogen and oxygen atoms in total. The molecule has 0 bridgehead atoms. The van der Waals surface area contributed by atoms with Gasteiger partial charge in [-0.3, -0.25) is 4.79 Å². The van der Waals surface area contributed by atoms with Crippen molar-refractivity contribution in [2.24, 2.45) is 0 Å². The van der Waals surface area contributed by atoms with Crippen LogP contribution in [0.3, 0.4) is 0 Å². The molecule has 1 unspecified atom stereocenters. The number of aryl methyl sites for hydroxylation is 1. The molecular weight excluding hydrogens is 242 g/mol. The molecule has 2 N–H and O–H groups in total. The Balaban J connectivity index is 2.33. The Bertz CT molecular complexity index is 373. The molecule has 106 valence electrons. The van der Waals surface area contributed by atoms with Gasteiger partial charge in [0.15, 0.2) is 6.61 Å². The summed E-state index contributed by atoms with van der Waals surface area (Å²) in [5, 5.41) is 12.0. The van der Waals surface area contributed by atoms with Crippen LogP contribution < -0.4 is 10.1 Å². The van der Waals surface area contributed by atoms with E-state index in [0.29, 0.717) is 12.3 Å². The number of aliphatic hydroxyl groups is 1. The molecule has 0 spiro atoms. The van der Waals surface area contributed by atoms with Crippen LogP contribution in [0.15, 0.2) is 24.3 Å². The Hall–Kier alpha value is -1.55. The van der Waals surface area contributed by atoms with Crippen molar-refractivity contribution in [2.45, 2.75) is 39.2 Å². The third-order valence-electron chi connectivity index (χ3n) is 2.72. The standard InChI is InChI=1S/C15H23NO3/c1-3-10-16-15(18)11-19-14-8-6-13(7-9-14)5-4-12(2)17/h6-9,12,17H,3-5,10-11H2,1-2H3,(H,16,18). The van der Waals surface area contributed by atoms with Gasteiger partial charge >= 0.3 is 0 Å². The minimum absolute atomic E-state index is 0.0486. The maximum absolute atomic E-state index is 11.4. The number of nitrogens with one attached hydrogen (secondary N) is 1. The summed E-state index contributed by atoms with van der Waals surface area (Å²) >= 11 is 0. The number of ether oxygens (including phenoxy) is 1. The Labute approximate surface area is 114 Å². The summed E-state index contributed by atoms with van der Waals surface area (Å²) in [7, 11) is 0. The van der Waals surface area contributed by atoms with E-state index in [2.05, 4.69) is 5.32 Å². The summed E-state index contributed by atoms with van der Waals surface area (Å²) in [5.41, 5.74) is 1.16. The van der Waals surface area contributed by atoms with Gasteiger partial charge in [-0.15, -0.1) is 0 Å². The second-order valence-corrected chi connectivity index (χ2v) is 4.67. The highest BCUT2D eigenvalue weighted by atomic mass is 16.5. The van der Waals surface area contributed by atoms with Crippen LogP contribution in [-0.4, -0.2) is 30.3 Å². The molecule has 0 aliphatic rings. The van der Waals surface area contributed by atoms with Crippen LogP contribution in [-0.2, 0) is 11.2 Å². The van der Waals surface area contributed by atoms with Crippen molar-refractivity contribution in [2.75, 3.05) is 13.2 Å². The second-order valence-electron chi connectivity index (χ2n) is 4.67. The van der Waals surface area contributed by atoms with Crippen molar-refractivity contribution >= 4 is 5.91 Å². The van der Waals surface area contributed by atoms with Crippen LogP contribution in [0.4, 0.5) is 0 Å². The molecule has 1 atom stereocenters. The fourth-order valence-electron chi connectivity index (χ4n) is 1.59. The molecule has 1 aromatic carbocycles. The zero-order chi connectivity index (χ0) is 14.1. The number of hydrogen-bond acceptors (Lipinski definition) is 3. The third kappa shape index (κ3) is 6.82. The van der Waals surface area contributed by atoms with Gasteiger partial charge in [-0.25, -0.2) is 0 Å². The maximum Gasteiger partial charge on any atom is 0.257 e. The summed E-state index contributed by atoms with van der Waals surface area (Å²) in [6.07, 6.45) is 2.23. The third-order valence-corrected chi connectivity index (χ3v) is 2.72. The van der Waals surface area contributed by atoms with Crippen molar-refractivity contribution in [3.8, 4) is 5.75 Å². The van der Waals surface area contributed by atoms with E-state index in [-0.39, 0.29) is 18.6 Å². The summed E-state index contributed by atoms with van der Waals surface area (Å²) in [4.78, 5) is 11.4. The van der Waals surface area contributed by atoms with Crippen LogP contribution in [0.1, 0.15) is 32.3 Å². The van der Waals surface area contributed by atoms with Crippen LogP contribution in [0.25, 0.3) is 0 Å². The predicted octanol–water partition coefficient (Wildman–Crippen LogP) is 1.91.